The van der Waals surface area contributed by atoms with Gasteiger partial charge in [0.15, 0.2) is 5.76 Å². The number of benzene rings is 1. The number of hydrogen-bond donors (Lipinski definition) is 2. The summed E-state index contributed by atoms with van der Waals surface area (Å²) in [6, 6.07) is 4.84. The molecule has 0 radical (unpaired) electrons. The first-order valence-corrected chi connectivity index (χ1v) is 6.83. The van der Waals surface area contributed by atoms with E-state index in [9.17, 15) is 9.59 Å². The number of fused-ring (bicyclic) bond motifs is 1. The van der Waals surface area contributed by atoms with Crippen LogP contribution in [0, 0.1) is 13.8 Å². The lowest BCUT2D eigenvalue weighted by Crippen LogP contribution is -2.29. The van der Waals surface area contributed by atoms with E-state index in [-0.39, 0.29) is 17.4 Å². The van der Waals surface area contributed by atoms with Gasteiger partial charge < -0.3 is 19.6 Å². The summed E-state index contributed by atoms with van der Waals surface area (Å²) in [7, 11) is 0. The number of ether oxygens (including phenoxy) is 1. The van der Waals surface area contributed by atoms with Gasteiger partial charge in [0.1, 0.15) is 18.6 Å². The van der Waals surface area contributed by atoms with Gasteiger partial charge in [-0.25, -0.2) is 4.79 Å². The zero-order chi connectivity index (χ0) is 15.9. The zero-order valence-electron chi connectivity index (χ0n) is 12.2. The molecule has 1 aliphatic heterocycles. The van der Waals surface area contributed by atoms with E-state index in [4.69, 9.17) is 14.3 Å². The van der Waals surface area contributed by atoms with Crippen molar-refractivity contribution in [3.8, 4) is 5.75 Å². The fraction of sp³-hybridized carbons (Fsp3) is 0.250. The molecule has 0 fully saturated rings. The van der Waals surface area contributed by atoms with Gasteiger partial charge in [0.25, 0.3) is 5.91 Å². The molecule has 2 heterocycles. The molecule has 1 aromatic heterocycles. The van der Waals surface area contributed by atoms with Crippen LogP contribution in [0.1, 0.15) is 43.6 Å². The van der Waals surface area contributed by atoms with Crippen LogP contribution in [0.4, 0.5) is 0 Å². The fourth-order valence-corrected chi connectivity index (χ4v) is 2.45. The highest BCUT2D eigenvalue weighted by atomic mass is 16.5. The molecule has 2 aromatic rings. The lowest BCUT2D eigenvalue weighted by atomic mass is 10.0. The molecule has 1 amide bonds. The maximum absolute atomic E-state index is 12.1. The molecule has 0 saturated heterocycles. The third-order valence-electron chi connectivity index (χ3n) is 3.85. The Bertz CT molecular complexity index is 762. The second-order valence-corrected chi connectivity index (χ2v) is 5.27. The van der Waals surface area contributed by atoms with Gasteiger partial charge in [0, 0.05) is 11.6 Å². The van der Waals surface area contributed by atoms with E-state index in [1.54, 1.807) is 0 Å². The largest absolute Gasteiger partial charge is 0.490 e. The Balaban J connectivity index is 1.79. The van der Waals surface area contributed by atoms with Crippen LogP contribution in [0.15, 0.2) is 28.9 Å². The van der Waals surface area contributed by atoms with Gasteiger partial charge in [-0.15, -0.1) is 0 Å². The van der Waals surface area contributed by atoms with Crippen molar-refractivity contribution in [3.05, 3.63) is 52.5 Å². The summed E-state index contributed by atoms with van der Waals surface area (Å²) in [6.07, 6.45) is 1.05. The van der Waals surface area contributed by atoms with E-state index in [0.717, 1.165) is 28.7 Å². The molecule has 0 bridgehead atoms. The predicted molar refractivity (Wildman–Crippen MR) is 77.3 cm³/mol. The molecule has 114 valence electrons. The summed E-state index contributed by atoms with van der Waals surface area (Å²) in [5.41, 5.74) is 3.05. The number of carboxylic acid groups (broad SMARTS) is 1. The monoisotopic (exact) mass is 301 g/mol. The predicted octanol–water partition coefficient (Wildman–Crippen LogP) is 2.46. The molecule has 0 aliphatic carbocycles. The van der Waals surface area contributed by atoms with Gasteiger partial charge in [-0.3, -0.25) is 4.79 Å². The number of aromatic carboxylic acids is 1. The standard InChI is InChI=1S/C16H15NO5/c1-8-3-4-11-12(7-22-14(11)9(8)2)17-15(18)13-5-10(6-21-13)16(19)20/h3-6,12H,7H2,1-2H3,(H,17,18)(H,19,20). The highest BCUT2D eigenvalue weighted by Crippen LogP contribution is 2.36. The summed E-state index contributed by atoms with van der Waals surface area (Å²) < 4.78 is 10.7. The van der Waals surface area contributed by atoms with Crippen molar-refractivity contribution in [2.45, 2.75) is 19.9 Å². The number of nitrogens with one attached hydrogen (secondary N) is 1. The fourth-order valence-electron chi connectivity index (χ4n) is 2.45. The summed E-state index contributed by atoms with van der Waals surface area (Å²) >= 11 is 0. The number of rotatable bonds is 3. The molecule has 6 heteroatoms. The molecular weight excluding hydrogens is 286 g/mol. The van der Waals surface area contributed by atoms with Crippen LogP contribution < -0.4 is 10.1 Å². The average Bonchev–Trinajstić information content (AvgIpc) is 3.10. The summed E-state index contributed by atoms with van der Waals surface area (Å²) in [5.74, 6) is -0.832. The first-order valence-electron chi connectivity index (χ1n) is 6.83. The highest BCUT2D eigenvalue weighted by Gasteiger charge is 2.28. The maximum atomic E-state index is 12.1. The van der Waals surface area contributed by atoms with Crippen LogP contribution >= 0.6 is 0 Å². The topological polar surface area (TPSA) is 88.8 Å². The van der Waals surface area contributed by atoms with Crippen molar-refractivity contribution >= 4 is 11.9 Å². The van der Waals surface area contributed by atoms with E-state index >= 15 is 0 Å². The Hall–Kier alpha value is -2.76. The van der Waals surface area contributed by atoms with E-state index in [0.29, 0.717) is 6.61 Å². The Morgan fingerprint density at radius 2 is 2.09 bits per heavy atom. The molecule has 3 rings (SSSR count). The lowest BCUT2D eigenvalue weighted by molar-refractivity contribution is 0.0695. The van der Waals surface area contributed by atoms with Crippen molar-refractivity contribution in [1.29, 1.82) is 0 Å². The molecule has 1 aromatic carbocycles. The highest BCUT2D eigenvalue weighted by molar-refractivity contribution is 5.95. The number of aryl methyl sites for hydroxylation is 1. The number of carbonyl (C=O) groups excluding carboxylic acids is 1. The Kier molecular flexibility index (Phi) is 3.36. The first-order chi connectivity index (χ1) is 10.5. The number of carbonyl (C=O) groups is 2. The molecule has 0 saturated carbocycles. The van der Waals surface area contributed by atoms with Gasteiger partial charge in [0.2, 0.25) is 0 Å². The minimum absolute atomic E-state index is 0.0327. The normalized spacial score (nSPS) is 16.0. The van der Waals surface area contributed by atoms with Gasteiger partial charge in [-0.2, -0.15) is 0 Å². The molecule has 1 aliphatic rings. The van der Waals surface area contributed by atoms with Crippen LogP contribution in [0.2, 0.25) is 0 Å². The smallest absolute Gasteiger partial charge is 0.338 e. The third kappa shape index (κ3) is 2.32. The second-order valence-electron chi connectivity index (χ2n) is 5.27. The van der Waals surface area contributed by atoms with Crippen LogP contribution in [-0.2, 0) is 0 Å². The molecular formula is C16H15NO5. The maximum Gasteiger partial charge on any atom is 0.338 e. The van der Waals surface area contributed by atoms with Crippen molar-refractivity contribution in [1.82, 2.24) is 5.32 Å². The van der Waals surface area contributed by atoms with Crippen molar-refractivity contribution in [3.63, 3.8) is 0 Å². The summed E-state index contributed by atoms with van der Waals surface area (Å²) in [4.78, 5) is 22.9. The molecule has 1 atom stereocenters. The van der Waals surface area contributed by atoms with Crippen molar-refractivity contribution in [2.24, 2.45) is 0 Å². The summed E-state index contributed by atoms with van der Waals surface area (Å²) in [6.45, 7) is 4.32. The Morgan fingerprint density at radius 1 is 1.32 bits per heavy atom. The quantitative estimate of drug-likeness (QED) is 0.909. The Labute approximate surface area is 126 Å². The molecule has 1 unspecified atom stereocenters. The SMILES string of the molecule is Cc1ccc2c(c1C)OCC2NC(=O)c1cc(C(=O)O)co1. The van der Waals surface area contributed by atoms with Crippen LogP contribution in [0.5, 0.6) is 5.75 Å². The van der Waals surface area contributed by atoms with E-state index < -0.39 is 11.9 Å². The number of carboxylic acids is 1. The number of furan rings is 1. The zero-order valence-corrected chi connectivity index (χ0v) is 12.2. The van der Waals surface area contributed by atoms with Crippen LogP contribution in [-0.4, -0.2) is 23.6 Å². The lowest BCUT2D eigenvalue weighted by Gasteiger charge is -2.11. The van der Waals surface area contributed by atoms with E-state index in [1.165, 1.54) is 6.07 Å². The van der Waals surface area contributed by atoms with E-state index in [2.05, 4.69) is 5.32 Å². The van der Waals surface area contributed by atoms with Gasteiger partial charge >= 0.3 is 5.97 Å². The molecule has 22 heavy (non-hydrogen) atoms. The average molecular weight is 301 g/mol. The van der Waals surface area contributed by atoms with Gasteiger partial charge in [-0.1, -0.05) is 12.1 Å². The minimum Gasteiger partial charge on any atom is -0.490 e. The minimum atomic E-state index is -1.14. The van der Waals surface area contributed by atoms with Crippen LogP contribution in [0.25, 0.3) is 0 Å². The number of hydrogen-bond acceptors (Lipinski definition) is 4. The van der Waals surface area contributed by atoms with Gasteiger partial charge in [0.05, 0.1) is 11.6 Å². The van der Waals surface area contributed by atoms with Crippen molar-refractivity contribution in [2.75, 3.05) is 6.61 Å². The molecule has 6 nitrogen and oxygen atoms in total. The summed E-state index contributed by atoms with van der Waals surface area (Å²) in [5, 5.41) is 11.6. The second kappa shape index (κ2) is 5.22. The molecule has 2 N–H and O–H groups in total. The number of amides is 1. The van der Waals surface area contributed by atoms with Gasteiger partial charge in [-0.05, 0) is 25.0 Å². The molecule has 0 spiro atoms. The third-order valence-corrected chi connectivity index (χ3v) is 3.85. The van der Waals surface area contributed by atoms with Crippen LogP contribution in [0.3, 0.4) is 0 Å². The van der Waals surface area contributed by atoms with Crippen molar-refractivity contribution < 1.29 is 23.8 Å². The Morgan fingerprint density at radius 3 is 2.77 bits per heavy atom. The first kappa shape index (κ1) is 14.2. The van der Waals surface area contributed by atoms with E-state index in [1.807, 2.05) is 26.0 Å².